The van der Waals surface area contributed by atoms with Crippen LogP contribution in [-0.2, 0) is 19.1 Å². The summed E-state index contributed by atoms with van der Waals surface area (Å²) in [5.41, 5.74) is -0.421. The summed E-state index contributed by atoms with van der Waals surface area (Å²) in [5, 5.41) is 18.3. The maximum absolute atomic E-state index is 14.3. The van der Waals surface area contributed by atoms with Crippen LogP contribution in [0.3, 0.4) is 0 Å². The van der Waals surface area contributed by atoms with E-state index in [1.807, 2.05) is 0 Å². The fourth-order valence-corrected chi connectivity index (χ4v) is 10.9. The second kappa shape index (κ2) is 10.3. The number of Topliss-reactive ketones (excluding diaryl/α,β-unsaturated/α-hetero) is 1. The first-order valence-corrected chi connectivity index (χ1v) is 16.1. The van der Waals surface area contributed by atoms with Gasteiger partial charge >= 0.3 is 0 Å². The van der Waals surface area contributed by atoms with Gasteiger partial charge in [0.25, 0.3) is 0 Å². The van der Waals surface area contributed by atoms with Gasteiger partial charge in [-0.25, -0.2) is 0 Å². The average Bonchev–Trinajstić information content (AvgIpc) is 3.36. The molecule has 2 heterocycles. The van der Waals surface area contributed by atoms with Gasteiger partial charge in [-0.2, -0.15) is 0 Å². The van der Waals surface area contributed by atoms with Gasteiger partial charge in [0.15, 0.2) is 0 Å². The fraction of sp³-hybridized carbons (Fsp3) is 0.906. The van der Waals surface area contributed by atoms with Gasteiger partial charge in [0.2, 0.25) is 11.8 Å². The van der Waals surface area contributed by atoms with Crippen LogP contribution in [0.5, 0.6) is 0 Å². The minimum atomic E-state index is -0.351. The van der Waals surface area contributed by atoms with Crippen molar-refractivity contribution in [3.63, 3.8) is 0 Å². The third kappa shape index (κ3) is 4.38. The van der Waals surface area contributed by atoms with Crippen LogP contribution in [-0.4, -0.2) is 60.3 Å². The Bertz CT molecular complexity index is 1030. The van der Waals surface area contributed by atoms with Crippen molar-refractivity contribution in [2.45, 2.75) is 110 Å². The quantitative estimate of drug-likeness (QED) is 0.386. The lowest BCUT2D eigenvalue weighted by Gasteiger charge is -2.60. The number of aliphatic hydroxyl groups is 1. The molecule has 8 nitrogen and oxygen atoms in total. The van der Waals surface area contributed by atoms with Crippen LogP contribution in [0.4, 0.5) is 0 Å². The van der Waals surface area contributed by atoms with E-state index in [0.717, 1.165) is 51.5 Å². The molecule has 0 aromatic rings. The maximum Gasteiger partial charge on any atom is 0.229 e. The molecule has 2 aliphatic heterocycles. The number of ketones is 1. The highest BCUT2D eigenvalue weighted by Gasteiger charge is 2.71. The number of carbonyl (C=O) groups excluding carboxylic acids is 3. The Labute approximate surface area is 239 Å². The molecule has 40 heavy (non-hydrogen) atoms. The second-order valence-corrected chi connectivity index (χ2v) is 15.0. The van der Waals surface area contributed by atoms with Gasteiger partial charge in [0.1, 0.15) is 17.9 Å². The largest absolute Gasteiger partial charge is 0.395 e. The van der Waals surface area contributed by atoms with Crippen LogP contribution in [0.2, 0.25) is 0 Å². The Morgan fingerprint density at radius 3 is 2.58 bits per heavy atom. The van der Waals surface area contributed by atoms with Gasteiger partial charge in [0.05, 0.1) is 12.7 Å². The molecule has 12 atom stereocenters. The third-order valence-corrected chi connectivity index (χ3v) is 13.1. The molecule has 4 N–H and O–H groups in total. The van der Waals surface area contributed by atoms with Crippen LogP contribution in [0, 0.1) is 52.3 Å². The molecule has 0 aromatic carbocycles. The first kappa shape index (κ1) is 28.6. The van der Waals surface area contributed by atoms with Crippen LogP contribution >= 0.6 is 0 Å². The molecule has 4 saturated carbocycles. The zero-order chi connectivity index (χ0) is 28.4. The summed E-state index contributed by atoms with van der Waals surface area (Å²) >= 11 is 0. The third-order valence-electron chi connectivity index (χ3n) is 13.1. The molecule has 0 unspecified atom stereocenters. The van der Waals surface area contributed by atoms with E-state index in [4.69, 9.17) is 9.84 Å². The summed E-state index contributed by atoms with van der Waals surface area (Å²) < 4.78 is 6.95. The number of hydrogen-bond acceptors (Lipinski definition) is 6. The number of hydrogen-bond donors (Lipinski definition) is 4. The molecule has 6 rings (SSSR count). The van der Waals surface area contributed by atoms with Crippen molar-refractivity contribution in [1.82, 2.24) is 16.0 Å². The predicted molar refractivity (Wildman–Crippen MR) is 151 cm³/mol. The lowest BCUT2D eigenvalue weighted by molar-refractivity contribution is -0.160. The van der Waals surface area contributed by atoms with E-state index >= 15 is 0 Å². The zero-order valence-electron chi connectivity index (χ0n) is 25.0. The normalized spacial score (nSPS) is 49.5. The summed E-state index contributed by atoms with van der Waals surface area (Å²) in [6.45, 7) is 10.4. The molecule has 0 radical (unpaired) electrons. The number of aliphatic hydroxyl groups excluding tert-OH is 1. The van der Waals surface area contributed by atoms with Crippen molar-refractivity contribution in [3.05, 3.63) is 0 Å². The Kier molecular flexibility index (Phi) is 7.39. The van der Waals surface area contributed by atoms with Crippen LogP contribution in [0.15, 0.2) is 0 Å². The van der Waals surface area contributed by atoms with E-state index in [1.165, 1.54) is 6.42 Å². The number of piperidine rings is 1. The lowest BCUT2D eigenvalue weighted by Crippen LogP contribution is -2.60. The maximum atomic E-state index is 14.3. The molecule has 0 bridgehead atoms. The van der Waals surface area contributed by atoms with E-state index in [0.29, 0.717) is 53.6 Å². The SMILES string of the molecule is C[C@H]1CC[C@@]2(NC1)O[C@H]1C[C@H]3[C@@H]4CC[C@@H]5C[C@@H](NC(=O)CC(=O)NCCO)CC[C@]5(C)[C@H]4CC(=O)[C@]3(C)[C@H]1[C@@H]2C. The topological polar surface area (TPSA) is 117 Å². The number of fused-ring (bicyclic) bond motifs is 7. The van der Waals surface area contributed by atoms with Gasteiger partial charge in [-0.15, -0.1) is 0 Å². The van der Waals surface area contributed by atoms with Crippen LogP contribution < -0.4 is 16.0 Å². The Morgan fingerprint density at radius 1 is 1.05 bits per heavy atom. The van der Waals surface area contributed by atoms with Crippen LogP contribution in [0.25, 0.3) is 0 Å². The number of carbonyl (C=O) groups is 3. The van der Waals surface area contributed by atoms with Crippen molar-refractivity contribution in [3.8, 4) is 0 Å². The van der Waals surface area contributed by atoms with Crippen LogP contribution in [0.1, 0.15) is 91.9 Å². The van der Waals surface area contributed by atoms with E-state index < -0.39 is 0 Å². The number of nitrogens with one attached hydrogen (secondary N) is 3. The van der Waals surface area contributed by atoms with E-state index in [-0.39, 0.29) is 60.1 Å². The predicted octanol–water partition coefficient (Wildman–Crippen LogP) is 3.17. The van der Waals surface area contributed by atoms with Crippen molar-refractivity contribution in [2.75, 3.05) is 19.7 Å². The van der Waals surface area contributed by atoms with Gasteiger partial charge in [-0.05, 0) is 86.4 Å². The molecule has 2 amide bonds. The van der Waals surface area contributed by atoms with E-state index in [9.17, 15) is 14.4 Å². The van der Waals surface area contributed by atoms with Crippen molar-refractivity contribution in [1.29, 1.82) is 0 Å². The lowest BCUT2D eigenvalue weighted by atomic mass is 9.44. The summed E-state index contributed by atoms with van der Waals surface area (Å²) in [6.07, 6.45) is 9.09. The summed E-state index contributed by atoms with van der Waals surface area (Å²) in [4.78, 5) is 38.7. The van der Waals surface area contributed by atoms with Gasteiger partial charge in [-0.3, -0.25) is 19.7 Å². The number of ether oxygens (including phenoxy) is 1. The molecule has 2 saturated heterocycles. The van der Waals surface area contributed by atoms with Gasteiger partial charge < -0.3 is 20.5 Å². The van der Waals surface area contributed by atoms with Crippen molar-refractivity contribution >= 4 is 17.6 Å². The van der Waals surface area contributed by atoms with E-state index in [2.05, 4.69) is 43.6 Å². The Morgan fingerprint density at radius 2 is 1.85 bits per heavy atom. The number of amides is 2. The minimum absolute atomic E-state index is 0.0827. The molecule has 1 spiro atoms. The van der Waals surface area contributed by atoms with Gasteiger partial charge in [-0.1, -0.05) is 27.7 Å². The monoisotopic (exact) mass is 557 g/mol. The standard InChI is InChI=1S/C32H51N3O5/c1-18-7-10-32(34-17-18)19(2)29-25(40-32)14-24-22-6-5-20-13-21(35-28(39)16-27(38)33-11-12-36)8-9-30(20,3)23(22)15-26(37)31(24,29)4/h18-25,29,34,36H,5-17H2,1-4H3,(H,33,38)(H,35,39)/t18-,19-,20+,21-,22+,23-,24-,25-,29-,30-,31+,32+/m0/s1. The summed E-state index contributed by atoms with van der Waals surface area (Å²) in [7, 11) is 0. The Hall–Kier alpha value is -1.51. The Balaban J connectivity index is 1.13. The molecule has 6 aliphatic rings. The first-order valence-electron chi connectivity index (χ1n) is 16.1. The smallest absolute Gasteiger partial charge is 0.229 e. The summed E-state index contributed by atoms with van der Waals surface area (Å²) in [5.74, 6) is 3.09. The van der Waals surface area contributed by atoms with E-state index in [1.54, 1.807) is 0 Å². The van der Waals surface area contributed by atoms with Crippen molar-refractivity contribution < 1.29 is 24.2 Å². The van der Waals surface area contributed by atoms with Crippen molar-refractivity contribution in [2.24, 2.45) is 52.3 Å². The second-order valence-electron chi connectivity index (χ2n) is 15.0. The first-order chi connectivity index (χ1) is 19.0. The highest BCUT2D eigenvalue weighted by Crippen LogP contribution is 2.70. The molecule has 224 valence electrons. The molecule has 8 heteroatoms. The molecular formula is C32H51N3O5. The molecule has 6 fully saturated rings. The fourth-order valence-electron chi connectivity index (χ4n) is 10.9. The molecule has 0 aromatic heterocycles. The zero-order valence-corrected chi connectivity index (χ0v) is 25.0. The summed E-state index contributed by atoms with van der Waals surface area (Å²) in [6, 6.07) is 0.0827. The average molecular weight is 558 g/mol. The highest BCUT2D eigenvalue weighted by atomic mass is 16.5. The highest BCUT2D eigenvalue weighted by molar-refractivity contribution is 5.97. The number of rotatable bonds is 5. The minimum Gasteiger partial charge on any atom is -0.395 e. The van der Waals surface area contributed by atoms with Gasteiger partial charge in [0, 0.05) is 42.8 Å². The molecular weight excluding hydrogens is 506 g/mol. The molecule has 4 aliphatic carbocycles.